The minimum Gasteiger partial charge on any atom is -0.342 e. The van der Waals surface area contributed by atoms with E-state index in [1.807, 2.05) is 18.7 Å². The Bertz CT molecular complexity index is 214. The second-order valence-corrected chi connectivity index (χ2v) is 4.73. The number of nitrogens with one attached hydrogen (secondary N) is 1. The highest BCUT2D eigenvalue weighted by atomic mass is 16.2. The summed E-state index contributed by atoms with van der Waals surface area (Å²) in [6.45, 7) is 8.48. The Morgan fingerprint density at radius 1 is 1.25 bits per heavy atom. The molecule has 16 heavy (non-hydrogen) atoms. The number of carbonyl (C=O) groups is 1. The fourth-order valence-electron chi connectivity index (χ4n) is 2.55. The normalized spacial score (nSPS) is 24.7. The number of hydrogen-bond acceptors (Lipinski definition) is 2. The molecule has 0 heterocycles. The number of nitrogens with zero attached hydrogens (tertiary/aromatic N) is 1. The standard InChI is InChI=1S/C13H26N2O/c1-4-11-7-8-12(9-11)14-10-13(16)15(5-2)6-3/h11-12,14H,4-10H2,1-3H3. The molecule has 1 aliphatic carbocycles. The minimum atomic E-state index is 0.241. The number of carbonyl (C=O) groups excluding carboxylic acids is 1. The lowest BCUT2D eigenvalue weighted by Gasteiger charge is -2.20. The van der Waals surface area contributed by atoms with E-state index in [2.05, 4.69) is 12.2 Å². The molecule has 0 aliphatic heterocycles. The van der Waals surface area contributed by atoms with Gasteiger partial charge < -0.3 is 10.2 Å². The van der Waals surface area contributed by atoms with Crippen molar-refractivity contribution in [3.63, 3.8) is 0 Å². The van der Waals surface area contributed by atoms with E-state index in [1.54, 1.807) is 0 Å². The zero-order valence-electron chi connectivity index (χ0n) is 11.0. The third-order valence-electron chi connectivity index (χ3n) is 3.78. The fourth-order valence-corrected chi connectivity index (χ4v) is 2.55. The van der Waals surface area contributed by atoms with Crippen LogP contribution in [0, 0.1) is 5.92 Å². The molecule has 0 aromatic heterocycles. The summed E-state index contributed by atoms with van der Waals surface area (Å²) in [5, 5.41) is 3.40. The third kappa shape index (κ3) is 3.78. The summed E-state index contributed by atoms with van der Waals surface area (Å²) in [7, 11) is 0. The van der Waals surface area contributed by atoms with E-state index in [1.165, 1.54) is 25.7 Å². The van der Waals surface area contributed by atoms with Gasteiger partial charge in [-0.05, 0) is 39.0 Å². The van der Waals surface area contributed by atoms with Gasteiger partial charge in [0.15, 0.2) is 0 Å². The molecule has 2 unspecified atom stereocenters. The molecule has 3 heteroatoms. The number of hydrogen-bond donors (Lipinski definition) is 1. The first-order valence-electron chi connectivity index (χ1n) is 6.72. The molecule has 94 valence electrons. The first-order valence-corrected chi connectivity index (χ1v) is 6.72. The van der Waals surface area contributed by atoms with Gasteiger partial charge in [0.1, 0.15) is 0 Å². The summed E-state index contributed by atoms with van der Waals surface area (Å²) in [4.78, 5) is 13.7. The van der Waals surface area contributed by atoms with Crippen molar-refractivity contribution in [3.8, 4) is 0 Å². The molecule has 1 amide bonds. The predicted molar refractivity (Wildman–Crippen MR) is 67.4 cm³/mol. The van der Waals surface area contributed by atoms with Gasteiger partial charge in [-0.15, -0.1) is 0 Å². The van der Waals surface area contributed by atoms with Gasteiger partial charge in [-0.1, -0.05) is 13.3 Å². The summed E-state index contributed by atoms with van der Waals surface area (Å²) >= 11 is 0. The van der Waals surface area contributed by atoms with E-state index in [4.69, 9.17) is 0 Å². The number of rotatable bonds is 6. The Morgan fingerprint density at radius 2 is 1.94 bits per heavy atom. The van der Waals surface area contributed by atoms with Crippen molar-refractivity contribution in [2.75, 3.05) is 19.6 Å². The van der Waals surface area contributed by atoms with E-state index in [9.17, 15) is 4.79 Å². The van der Waals surface area contributed by atoms with Crippen molar-refractivity contribution in [3.05, 3.63) is 0 Å². The van der Waals surface area contributed by atoms with Crippen LogP contribution in [-0.4, -0.2) is 36.5 Å². The average molecular weight is 226 g/mol. The molecule has 3 nitrogen and oxygen atoms in total. The zero-order chi connectivity index (χ0) is 12.0. The Labute approximate surface area is 99.6 Å². The fraction of sp³-hybridized carbons (Fsp3) is 0.923. The molecular formula is C13H26N2O. The van der Waals surface area contributed by atoms with Crippen molar-refractivity contribution in [1.82, 2.24) is 10.2 Å². The smallest absolute Gasteiger partial charge is 0.236 e. The lowest BCUT2D eigenvalue weighted by Crippen LogP contribution is -2.40. The van der Waals surface area contributed by atoms with Gasteiger partial charge in [0.2, 0.25) is 5.91 Å². The molecule has 1 rings (SSSR count). The van der Waals surface area contributed by atoms with Crippen molar-refractivity contribution in [2.24, 2.45) is 5.92 Å². The average Bonchev–Trinajstić information content (AvgIpc) is 2.76. The summed E-state index contributed by atoms with van der Waals surface area (Å²) in [6.07, 6.45) is 5.10. The molecule has 0 saturated heterocycles. The van der Waals surface area contributed by atoms with Crippen LogP contribution in [0.2, 0.25) is 0 Å². The van der Waals surface area contributed by atoms with Crippen LogP contribution in [0.25, 0.3) is 0 Å². The molecule has 1 fully saturated rings. The molecule has 0 aromatic carbocycles. The van der Waals surface area contributed by atoms with Gasteiger partial charge in [0.25, 0.3) is 0 Å². The van der Waals surface area contributed by atoms with Crippen molar-refractivity contribution in [1.29, 1.82) is 0 Å². The lowest BCUT2D eigenvalue weighted by molar-refractivity contribution is -0.130. The molecule has 1 saturated carbocycles. The minimum absolute atomic E-state index is 0.241. The first-order chi connectivity index (χ1) is 7.71. The van der Waals surface area contributed by atoms with Crippen LogP contribution in [0.4, 0.5) is 0 Å². The summed E-state index contributed by atoms with van der Waals surface area (Å²) < 4.78 is 0. The van der Waals surface area contributed by atoms with E-state index in [0.717, 1.165) is 19.0 Å². The summed E-state index contributed by atoms with van der Waals surface area (Å²) in [5.41, 5.74) is 0. The molecule has 0 radical (unpaired) electrons. The molecule has 1 N–H and O–H groups in total. The Balaban J connectivity index is 2.22. The van der Waals surface area contributed by atoms with E-state index in [0.29, 0.717) is 12.6 Å². The van der Waals surface area contributed by atoms with E-state index >= 15 is 0 Å². The van der Waals surface area contributed by atoms with Crippen LogP contribution in [0.15, 0.2) is 0 Å². The Hall–Kier alpha value is -0.570. The zero-order valence-corrected chi connectivity index (χ0v) is 11.0. The van der Waals surface area contributed by atoms with Gasteiger partial charge in [-0.3, -0.25) is 4.79 Å². The molecule has 2 atom stereocenters. The van der Waals surface area contributed by atoms with Crippen LogP contribution in [0.5, 0.6) is 0 Å². The van der Waals surface area contributed by atoms with Gasteiger partial charge in [-0.25, -0.2) is 0 Å². The number of likely N-dealkylation sites (N-methyl/N-ethyl adjacent to an activating group) is 1. The summed E-state index contributed by atoms with van der Waals surface area (Å²) in [6, 6.07) is 0.574. The maximum atomic E-state index is 11.8. The number of amides is 1. The highest BCUT2D eigenvalue weighted by molar-refractivity contribution is 5.78. The lowest BCUT2D eigenvalue weighted by atomic mass is 10.1. The van der Waals surface area contributed by atoms with E-state index < -0.39 is 0 Å². The van der Waals surface area contributed by atoms with Crippen LogP contribution in [0.3, 0.4) is 0 Å². The molecule has 0 aromatic rings. The monoisotopic (exact) mass is 226 g/mol. The molecule has 0 spiro atoms. The van der Waals surface area contributed by atoms with Gasteiger partial charge in [0, 0.05) is 19.1 Å². The second kappa shape index (κ2) is 6.89. The molecule has 0 bridgehead atoms. The van der Waals surface area contributed by atoms with Crippen LogP contribution in [-0.2, 0) is 4.79 Å². The third-order valence-corrected chi connectivity index (χ3v) is 3.78. The Kier molecular flexibility index (Phi) is 5.81. The van der Waals surface area contributed by atoms with Crippen molar-refractivity contribution in [2.45, 2.75) is 52.5 Å². The summed E-state index contributed by atoms with van der Waals surface area (Å²) in [5.74, 6) is 1.12. The van der Waals surface area contributed by atoms with E-state index in [-0.39, 0.29) is 5.91 Å². The largest absolute Gasteiger partial charge is 0.342 e. The van der Waals surface area contributed by atoms with Gasteiger partial charge in [0.05, 0.1) is 6.54 Å². The second-order valence-electron chi connectivity index (χ2n) is 4.73. The van der Waals surface area contributed by atoms with Crippen LogP contribution >= 0.6 is 0 Å². The van der Waals surface area contributed by atoms with Crippen LogP contribution in [0.1, 0.15) is 46.5 Å². The van der Waals surface area contributed by atoms with Crippen LogP contribution < -0.4 is 5.32 Å². The predicted octanol–water partition coefficient (Wildman–Crippen LogP) is 2.02. The molecule has 1 aliphatic rings. The topological polar surface area (TPSA) is 32.3 Å². The first kappa shape index (κ1) is 13.5. The highest BCUT2D eigenvalue weighted by Gasteiger charge is 2.23. The van der Waals surface area contributed by atoms with Crippen molar-refractivity contribution < 1.29 is 4.79 Å². The SMILES string of the molecule is CCC1CCC(NCC(=O)N(CC)CC)C1. The van der Waals surface area contributed by atoms with Gasteiger partial charge >= 0.3 is 0 Å². The maximum Gasteiger partial charge on any atom is 0.236 e. The Morgan fingerprint density at radius 3 is 2.44 bits per heavy atom. The molecular weight excluding hydrogens is 200 g/mol. The maximum absolute atomic E-state index is 11.8. The quantitative estimate of drug-likeness (QED) is 0.751. The van der Waals surface area contributed by atoms with Crippen molar-refractivity contribution >= 4 is 5.91 Å². The highest BCUT2D eigenvalue weighted by Crippen LogP contribution is 2.27. The van der Waals surface area contributed by atoms with Gasteiger partial charge in [-0.2, -0.15) is 0 Å².